The Kier molecular flexibility index (Phi) is 7.96. The molecule has 0 aliphatic heterocycles. The highest BCUT2D eigenvalue weighted by atomic mass is 32.2. The highest BCUT2D eigenvalue weighted by Crippen LogP contribution is 2.23. The minimum Gasteiger partial charge on any atom is -0.497 e. The predicted molar refractivity (Wildman–Crippen MR) is 115 cm³/mol. The van der Waals surface area contributed by atoms with Crippen molar-refractivity contribution < 1.29 is 22.7 Å². The van der Waals surface area contributed by atoms with Gasteiger partial charge in [-0.3, -0.25) is 4.79 Å². The molecule has 1 amide bonds. The molecule has 0 heterocycles. The number of carbonyl (C=O) groups excluding carboxylic acids is 1. The number of hydrazone groups is 1. The van der Waals surface area contributed by atoms with E-state index in [1.165, 1.54) is 25.5 Å². The summed E-state index contributed by atoms with van der Waals surface area (Å²) in [6, 6.07) is 10.6. The van der Waals surface area contributed by atoms with E-state index in [4.69, 9.17) is 9.47 Å². The minimum atomic E-state index is -3.86. The van der Waals surface area contributed by atoms with Gasteiger partial charge >= 0.3 is 0 Å². The minimum absolute atomic E-state index is 0.0954. The van der Waals surface area contributed by atoms with E-state index in [0.717, 1.165) is 5.56 Å². The van der Waals surface area contributed by atoms with Gasteiger partial charge in [0.15, 0.2) is 0 Å². The van der Waals surface area contributed by atoms with Gasteiger partial charge in [-0.2, -0.15) is 9.82 Å². The normalized spacial score (nSPS) is 12.7. The Labute approximate surface area is 177 Å². The van der Waals surface area contributed by atoms with Crippen molar-refractivity contribution in [1.29, 1.82) is 0 Å². The second kappa shape index (κ2) is 10.2. The van der Waals surface area contributed by atoms with Crippen molar-refractivity contribution >= 4 is 22.1 Å². The fourth-order valence-electron chi connectivity index (χ4n) is 2.61. The smallest absolute Gasteiger partial charge is 0.258 e. The zero-order valence-electron chi connectivity index (χ0n) is 17.7. The zero-order valence-corrected chi connectivity index (χ0v) is 18.5. The number of hydrogen-bond donors (Lipinski definition) is 2. The van der Waals surface area contributed by atoms with Gasteiger partial charge in [-0.1, -0.05) is 31.5 Å². The quantitative estimate of drug-likeness (QED) is 0.467. The molecule has 0 aliphatic rings. The summed E-state index contributed by atoms with van der Waals surface area (Å²) in [5.74, 6) is 0.284. The number of nitrogens with zero attached hydrogens (tertiary/aromatic N) is 1. The monoisotopic (exact) mass is 433 g/mol. The third-order valence-corrected chi connectivity index (χ3v) is 5.84. The maximum absolute atomic E-state index is 12.6. The van der Waals surface area contributed by atoms with E-state index in [-0.39, 0.29) is 10.8 Å². The second-order valence-electron chi connectivity index (χ2n) is 7.00. The first kappa shape index (κ1) is 23.4. The average molecular weight is 434 g/mol. The van der Waals surface area contributed by atoms with Gasteiger partial charge in [0.05, 0.1) is 25.3 Å². The van der Waals surface area contributed by atoms with E-state index < -0.39 is 22.0 Å². The number of hydrogen-bond acceptors (Lipinski definition) is 6. The lowest BCUT2D eigenvalue weighted by Crippen LogP contribution is -2.48. The number of rotatable bonds is 9. The van der Waals surface area contributed by atoms with Crippen LogP contribution < -0.4 is 19.6 Å². The van der Waals surface area contributed by atoms with Gasteiger partial charge in [-0.25, -0.2) is 13.8 Å². The summed E-state index contributed by atoms with van der Waals surface area (Å²) in [7, 11) is -0.797. The Hall–Kier alpha value is -2.91. The van der Waals surface area contributed by atoms with Gasteiger partial charge in [0.2, 0.25) is 10.0 Å². The van der Waals surface area contributed by atoms with E-state index in [1.54, 1.807) is 51.3 Å². The second-order valence-corrected chi connectivity index (χ2v) is 8.71. The van der Waals surface area contributed by atoms with Crippen LogP contribution in [0.3, 0.4) is 0 Å². The first-order valence-corrected chi connectivity index (χ1v) is 10.8. The van der Waals surface area contributed by atoms with Crippen LogP contribution in [0.15, 0.2) is 52.5 Å². The van der Waals surface area contributed by atoms with Crippen LogP contribution in [0.5, 0.6) is 11.5 Å². The van der Waals surface area contributed by atoms with Crippen LogP contribution in [0.25, 0.3) is 0 Å². The van der Waals surface area contributed by atoms with Crippen LogP contribution in [-0.2, 0) is 14.8 Å². The van der Waals surface area contributed by atoms with E-state index >= 15 is 0 Å². The third kappa shape index (κ3) is 6.04. The summed E-state index contributed by atoms with van der Waals surface area (Å²) in [5, 5.41) is 3.94. The van der Waals surface area contributed by atoms with Gasteiger partial charge < -0.3 is 9.47 Å². The zero-order chi connectivity index (χ0) is 22.3. The molecular formula is C21H27N3O5S. The number of benzene rings is 2. The topological polar surface area (TPSA) is 106 Å². The van der Waals surface area contributed by atoms with Crippen molar-refractivity contribution in [3.05, 3.63) is 53.6 Å². The van der Waals surface area contributed by atoms with Crippen LogP contribution in [0.2, 0.25) is 0 Å². The van der Waals surface area contributed by atoms with Crippen molar-refractivity contribution in [3.63, 3.8) is 0 Å². The maximum atomic E-state index is 12.6. The molecule has 1 atom stereocenters. The number of amides is 1. The van der Waals surface area contributed by atoms with E-state index in [1.807, 2.05) is 6.92 Å². The Morgan fingerprint density at radius 2 is 1.73 bits per heavy atom. The van der Waals surface area contributed by atoms with Crippen LogP contribution in [0, 0.1) is 12.8 Å². The largest absolute Gasteiger partial charge is 0.497 e. The number of ether oxygens (including phenoxy) is 2. The molecule has 0 aromatic heterocycles. The average Bonchev–Trinajstić information content (AvgIpc) is 2.72. The fraction of sp³-hybridized carbons (Fsp3) is 0.333. The summed E-state index contributed by atoms with van der Waals surface area (Å²) >= 11 is 0. The molecule has 0 fully saturated rings. The van der Waals surface area contributed by atoms with Gasteiger partial charge in [0.25, 0.3) is 5.91 Å². The molecule has 2 N–H and O–H groups in total. The van der Waals surface area contributed by atoms with E-state index in [2.05, 4.69) is 15.2 Å². The van der Waals surface area contributed by atoms with Crippen LogP contribution in [0.4, 0.5) is 0 Å². The van der Waals surface area contributed by atoms with Crippen LogP contribution in [-0.4, -0.2) is 40.8 Å². The Balaban J connectivity index is 2.12. The van der Waals surface area contributed by atoms with Crippen molar-refractivity contribution in [2.45, 2.75) is 31.7 Å². The fourth-order valence-corrected chi connectivity index (χ4v) is 3.95. The molecule has 0 unspecified atom stereocenters. The molecule has 9 heteroatoms. The van der Waals surface area contributed by atoms with Crippen molar-refractivity contribution in [1.82, 2.24) is 10.1 Å². The molecule has 0 bridgehead atoms. The van der Waals surface area contributed by atoms with E-state index in [9.17, 15) is 13.2 Å². The van der Waals surface area contributed by atoms with Crippen LogP contribution >= 0.6 is 0 Å². The summed E-state index contributed by atoms with van der Waals surface area (Å²) in [5.41, 5.74) is 3.96. The molecular weight excluding hydrogens is 406 g/mol. The molecule has 2 rings (SSSR count). The number of methoxy groups -OCH3 is 2. The maximum Gasteiger partial charge on any atom is 0.258 e. The van der Waals surface area contributed by atoms with Gasteiger partial charge in [0, 0.05) is 11.6 Å². The Morgan fingerprint density at radius 1 is 1.07 bits per heavy atom. The summed E-state index contributed by atoms with van der Waals surface area (Å²) in [6.45, 7) is 5.36. The van der Waals surface area contributed by atoms with Gasteiger partial charge in [0.1, 0.15) is 17.5 Å². The first-order chi connectivity index (χ1) is 14.2. The lowest BCUT2D eigenvalue weighted by Gasteiger charge is -2.20. The lowest BCUT2D eigenvalue weighted by molar-refractivity contribution is -0.123. The predicted octanol–water partition coefficient (Wildman–Crippen LogP) is 2.47. The number of aryl methyl sites for hydroxylation is 1. The highest BCUT2D eigenvalue weighted by Gasteiger charge is 2.28. The number of carbonyl (C=O) groups is 1. The summed E-state index contributed by atoms with van der Waals surface area (Å²) in [6.07, 6.45) is 1.42. The molecule has 2 aromatic carbocycles. The Bertz CT molecular complexity index is 1000. The molecule has 0 saturated carbocycles. The third-order valence-electron chi connectivity index (χ3n) is 4.38. The summed E-state index contributed by atoms with van der Waals surface area (Å²) < 4.78 is 38.2. The number of nitrogens with one attached hydrogen (secondary N) is 2. The van der Waals surface area contributed by atoms with Crippen LogP contribution in [0.1, 0.15) is 25.0 Å². The van der Waals surface area contributed by atoms with Gasteiger partial charge in [-0.05, 0) is 37.1 Å². The first-order valence-electron chi connectivity index (χ1n) is 9.32. The SMILES string of the molecule is COc1ccc(/C=N\NC(=O)[C@H](NS(=O)(=O)c2ccc(C)cc2)C(C)C)c(OC)c1. The summed E-state index contributed by atoms with van der Waals surface area (Å²) in [4.78, 5) is 12.7. The van der Waals surface area contributed by atoms with Crippen molar-refractivity contribution in [3.8, 4) is 11.5 Å². The van der Waals surface area contributed by atoms with Gasteiger partial charge in [-0.15, -0.1) is 0 Å². The molecule has 0 saturated heterocycles. The molecule has 0 radical (unpaired) electrons. The van der Waals surface area contributed by atoms with Crippen molar-refractivity contribution in [2.24, 2.45) is 11.0 Å². The standard InChI is InChI=1S/C21H27N3O5S/c1-14(2)20(24-30(26,27)18-10-6-15(3)7-11-18)21(25)23-22-13-16-8-9-17(28-4)12-19(16)29-5/h6-14,20,24H,1-5H3,(H,23,25)/b22-13-/t20-/m1/s1. The molecule has 162 valence electrons. The Morgan fingerprint density at radius 3 is 2.30 bits per heavy atom. The van der Waals surface area contributed by atoms with E-state index in [0.29, 0.717) is 17.1 Å². The molecule has 0 spiro atoms. The molecule has 0 aliphatic carbocycles. The molecule has 8 nitrogen and oxygen atoms in total. The number of sulfonamides is 1. The molecule has 2 aromatic rings. The van der Waals surface area contributed by atoms with Crippen molar-refractivity contribution in [2.75, 3.05) is 14.2 Å². The highest BCUT2D eigenvalue weighted by molar-refractivity contribution is 7.89. The lowest BCUT2D eigenvalue weighted by atomic mass is 10.1. The molecule has 30 heavy (non-hydrogen) atoms.